The summed E-state index contributed by atoms with van der Waals surface area (Å²) in [7, 11) is -2.34. The van der Waals surface area contributed by atoms with Crippen LogP contribution in [0, 0.1) is 0 Å². The molecule has 0 fully saturated rings. The molecular weight excluding hydrogens is 440 g/mol. The lowest BCUT2D eigenvalue weighted by Crippen LogP contribution is -2.13. The van der Waals surface area contributed by atoms with E-state index in [-0.39, 0.29) is 9.92 Å². The Kier molecular flexibility index (Phi) is 5.74. The highest BCUT2D eigenvalue weighted by Crippen LogP contribution is 2.28. The third kappa shape index (κ3) is 4.76. The molecule has 2 aromatic heterocycles. The Balaban J connectivity index is 1.47. The largest absolute Gasteiger partial charge is 0.495 e. The first-order valence-corrected chi connectivity index (χ1v) is 10.8. The van der Waals surface area contributed by atoms with Crippen LogP contribution in [0.5, 0.6) is 5.75 Å². The number of imidazole rings is 1. The van der Waals surface area contributed by atoms with E-state index in [1.165, 1.54) is 31.6 Å². The normalized spacial score (nSPS) is 11.2. The molecule has 11 heteroatoms. The summed E-state index contributed by atoms with van der Waals surface area (Å²) in [5.41, 5.74) is 1.13. The third-order valence-corrected chi connectivity index (χ3v) is 5.94. The van der Waals surface area contributed by atoms with Crippen molar-refractivity contribution in [1.29, 1.82) is 0 Å². The van der Waals surface area contributed by atoms with Gasteiger partial charge in [-0.15, -0.1) is 0 Å². The van der Waals surface area contributed by atoms with E-state index >= 15 is 0 Å². The fourth-order valence-electron chi connectivity index (χ4n) is 2.75. The fraction of sp³-hybridized carbons (Fsp3) is 0.0500. The lowest BCUT2D eigenvalue weighted by Gasteiger charge is -2.11. The average molecular weight is 457 g/mol. The number of aromatic nitrogens is 4. The molecule has 0 aliphatic heterocycles. The van der Waals surface area contributed by atoms with Gasteiger partial charge in [0.1, 0.15) is 30.0 Å². The third-order valence-electron chi connectivity index (χ3n) is 4.26. The lowest BCUT2D eigenvalue weighted by atomic mass is 10.3. The zero-order valence-electron chi connectivity index (χ0n) is 16.2. The molecule has 4 aromatic rings. The fourth-order valence-corrected chi connectivity index (χ4v) is 4.16. The first-order chi connectivity index (χ1) is 14.9. The second-order valence-corrected chi connectivity index (χ2v) is 8.43. The first kappa shape index (κ1) is 20.6. The molecule has 0 saturated heterocycles. The number of nitrogens with zero attached hydrogens (tertiary/aromatic N) is 4. The minimum absolute atomic E-state index is 0.0357. The molecule has 0 spiro atoms. The van der Waals surface area contributed by atoms with Crippen molar-refractivity contribution in [1.82, 2.24) is 19.5 Å². The van der Waals surface area contributed by atoms with Crippen LogP contribution in [0.3, 0.4) is 0 Å². The number of ether oxygens (including phenoxy) is 1. The summed E-state index contributed by atoms with van der Waals surface area (Å²) < 4.78 is 34.6. The number of hydrogen-bond acceptors (Lipinski definition) is 7. The number of hydrogen-bond donors (Lipinski definition) is 2. The van der Waals surface area contributed by atoms with Crippen LogP contribution in [0.2, 0.25) is 5.02 Å². The molecule has 0 aliphatic carbocycles. The van der Waals surface area contributed by atoms with Gasteiger partial charge in [-0.2, -0.15) is 0 Å². The summed E-state index contributed by atoms with van der Waals surface area (Å²) in [5.74, 6) is 1.65. The number of halogens is 1. The van der Waals surface area contributed by atoms with Crippen molar-refractivity contribution in [2.24, 2.45) is 0 Å². The number of sulfonamides is 1. The van der Waals surface area contributed by atoms with Gasteiger partial charge in [0.25, 0.3) is 10.0 Å². The minimum atomic E-state index is -3.80. The number of nitrogens with one attached hydrogen (secondary N) is 2. The van der Waals surface area contributed by atoms with E-state index in [9.17, 15) is 8.42 Å². The van der Waals surface area contributed by atoms with E-state index in [0.717, 1.165) is 5.69 Å². The van der Waals surface area contributed by atoms with Crippen molar-refractivity contribution in [3.05, 3.63) is 78.6 Å². The van der Waals surface area contributed by atoms with Gasteiger partial charge in [0.2, 0.25) is 0 Å². The summed E-state index contributed by atoms with van der Waals surface area (Å²) in [4.78, 5) is 12.4. The maximum Gasteiger partial charge on any atom is 0.261 e. The first-order valence-electron chi connectivity index (χ1n) is 8.98. The Labute approximate surface area is 183 Å². The van der Waals surface area contributed by atoms with Gasteiger partial charge in [-0.05, 0) is 42.5 Å². The van der Waals surface area contributed by atoms with E-state index in [2.05, 4.69) is 25.0 Å². The molecule has 0 atom stereocenters. The molecule has 0 amide bonds. The van der Waals surface area contributed by atoms with Gasteiger partial charge in [0, 0.05) is 29.8 Å². The number of benzene rings is 2. The van der Waals surface area contributed by atoms with Crippen molar-refractivity contribution >= 4 is 38.8 Å². The molecule has 0 radical (unpaired) electrons. The van der Waals surface area contributed by atoms with Crippen LogP contribution < -0.4 is 14.8 Å². The van der Waals surface area contributed by atoms with E-state index in [1.54, 1.807) is 53.6 Å². The highest BCUT2D eigenvalue weighted by molar-refractivity contribution is 7.92. The predicted octanol–water partition coefficient (Wildman–Crippen LogP) is 3.87. The van der Waals surface area contributed by atoms with Gasteiger partial charge in [0.15, 0.2) is 0 Å². The quantitative estimate of drug-likeness (QED) is 0.434. The Morgan fingerprint density at radius 2 is 1.81 bits per heavy atom. The summed E-state index contributed by atoms with van der Waals surface area (Å²) in [5, 5.41) is 3.37. The van der Waals surface area contributed by atoms with Crippen molar-refractivity contribution in [2.75, 3.05) is 17.1 Å². The highest BCUT2D eigenvalue weighted by Gasteiger charge is 2.16. The SMILES string of the molecule is COc1ccc(S(=O)(=O)Nc2ccc(Nc3cc(-n4ccnc4)ncn3)cc2)cc1Cl. The maximum absolute atomic E-state index is 12.6. The molecule has 2 aromatic carbocycles. The standard InChI is InChI=1S/C20H17ClN6O3S/c1-30-18-7-6-16(10-17(18)21)31(28,29)26-15-4-2-14(3-5-15)25-19-11-20(24-12-23-19)27-9-8-22-13-27/h2-13,26H,1H3,(H,23,24,25). The van der Waals surface area contributed by atoms with E-state index in [4.69, 9.17) is 16.3 Å². The van der Waals surface area contributed by atoms with Crippen LogP contribution in [0.15, 0.2) is 78.5 Å². The second-order valence-electron chi connectivity index (χ2n) is 6.34. The van der Waals surface area contributed by atoms with Gasteiger partial charge < -0.3 is 10.1 Å². The van der Waals surface area contributed by atoms with Gasteiger partial charge in [-0.25, -0.2) is 23.4 Å². The van der Waals surface area contributed by atoms with Crippen molar-refractivity contribution in [3.63, 3.8) is 0 Å². The van der Waals surface area contributed by atoms with Gasteiger partial charge in [-0.3, -0.25) is 9.29 Å². The topological polar surface area (TPSA) is 111 Å². The average Bonchev–Trinajstić information content (AvgIpc) is 3.30. The zero-order chi connectivity index (χ0) is 21.8. The molecule has 0 aliphatic rings. The number of methoxy groups -OCH3 is 1. The molecule has 2 N–H and O–H groups in total. The van der Waals surface area contributed by atoms with Crippen LogP contribution in [0.4, 0.5) is 17.2 Å². The van der Waals surface area contributed by atoms with Crippen LogP contribution in [0.25, 0.3) is 5.82 Å². The highest BCUT2D eigenvalue weighted by atomic mass is 35.5. The molecule has 9 nitrogen and oxygen atoms in total. The molecule has 0 bridgehead atoms. The molecule has 2 heterocycles. The minimum Gasteiger partial charge on any atom is -0.495 e. The molecule has 31 heavy (non-hydrogen) atoms. The Morgan fingerprint density at radius 1 is 1.03 bits per heavy atom. The summed E-state index contributed by atoms with van der Waals surface area (Å²) >= 11 is 6.04. The van der Waals surface area contributed by atoms with Crippen LogP contribution in [0.1, 0.15) is 0 Å². The lowest BCUT2D eigenvalue weighted by molar-refractivity contribution is 0.414. The summed E-state index contributed by atoms with van der Waals surface area (Å²) in [6, 6.07) is 12.8. The van der Waals surface area contributed by atoms with E-state index in [1.807, 2.05) is 0 Å². The van der Waals surface area contributed by atoms with Crippen molar-refractivity contribution < 1.29 is 13.2 Å². The second kappa shape index (κ2) is 8.62. The summed E-state index contributed by atoms with van der Waals surface area (Å²) in [6.45, 7) is 0. The smallest absolute Gasteiger partial charge is 0.261 e. The maximum atomic E-state index is 12.6. The summed E-state index contributed by atoms with van der Waals surface area (Å²) in [6.07, 6.45) is 6.53. The molecule has 158 valence electrons. The van der Waals surface area contributed by atoms with Crippen molar-refractivity contribution in [2.45, 2.75) is 4.90 Å². The Hall–Kier alpha value is -3.63. The van der Waals surface area contributed by atoms with Crippen molar-refractivity contribution in [3.8, 4) is 11.6 Å². The molecule has 0 unspecified atom stereocenters. The molecular formula is C20H17ClN6O3S. The monoisotopic (exact) mass is 456 g/mol. The van der Waals surface area contributed by atoms with E-state index < -0.39 is 10.0 Å². The number of anilines is 3. The van der Waals surface area contributed by atoms with Crippen LogP contribution in [-0.2, 0) is 10.0 Å². The van der Waals surface area contributed by atoms with Gasteiger partial charge in [0.05, 0.1) is 17.0 Å². The van der Waals surface area contributed by atoms with Crippen LogP contribution in [-0.4, -0.2) is 35.0 Å². The Morgan fingerprint density at radius 3 is 2.48 bits per heavy atom. The van der Waals surface area contributed by atoms with E-state index in [0.29, 0.717) is 23.1 Å². The Bertz CT molecular complexity index is 1300. The zero-order valence-corrected chi connectivity index (χ0v) is 17.8. The predicted molar refractivity (Wildman–Crippen MR) is 118 cm³/mol. The number of rotatable bonds is 7. The molecule has 0 saturated carbocycles. The van der Waals surface area contributed by atoms with Crippen LogP contribution >= 0.6 is 11.6 Å². The van der Waals surface area contributed by atoms with Gasteiger partial charge in [-0.1, -0.05) is 11.6 Å². The molecule has 4 rings (SSSR count). The van der Waals surface area contributed by atoms with Gasteiger partial charge >= 0.3 is 0 Å².